The molecule has 1 saturated heterocycles. The van der Waals surface area contributed by atoms with E-state index < -0.39 is 0 Å². The summed E-state index contributed by atoms with van der Waals surface area (Å²) in [5.41, 5.74) is 0.936. The molecule has 4 nitrogen and oxygen atoms in total. The van der Waals surface area contributed by atoms with E-state index in [-0.39, 0.29) is 12.3 Å². The van der Waals surface area contributed by atoms with Gasteiger partial charge in [-0.3, -0.25) is 4.90 Å². The summed E-state index contributed by atoms with van der Waals surface area (Å²) >= 11 is 5.81. The van der Waals surface area contributed by atoms with Crippen molar-refractivity contribution in [2.45, 2.75) is 6.23 Å². The van der Waals surface area contributed by atoms with Crippen LogP contribution in [0.2, 0.25) is 5.02 Å². The molecule has 0 bridgehead atoms. The number of carbonyl (C=O) groups is 1. The Morgan fingerprint density at radius 1 is 1.50 bits per heavy atom. The minimum absolute atomic E-state index is 0.127. The molecular weight excluding hydrogens is 228 g/mol. The number of urea groups is 1. The largest absolute Gasteiger partial charge is 0.352 e. The lowest BCUT2D eigenvalue weighted by molar-refractivity contribution is 0.0495. The number of benzene rings is 1. The van der Waals surface area contributed by atoms with Crippen LogP contribution in [0.3, 0.4) is 0 Å². The Morgan fingerprint density at radius 2 is 2.19 bits per heavy atom. The third-order valence-electron chi connectivity index (χ3n) is 2.52. The second kappa shape index (κ2) is 4.72. The van der Waals surface area contributed by atoms with Gasteiger partial charge in [0.15, 0.2) is 6.23 Å². The van der Waals surface area contributed by atoms with Crippen LogP contribution in [0.15, 0.2) is 24.3 Å². The van der Waals surface area contributed by atoms with Crippen molar-refractivity contribution in [3.63, 3.8) is 0 Å². The Morgan fingerprint density at radius 3 is 2.81 bits per heavy atom. The predicted molar refractivity (Wildman–Crippen MR) is 61.3 cm³/mol. The van der Waals surface area contributed by atoms with Gasteiger partial charge in [0.2, 0.25) is 0 Å². The number of hydrogen-bond donors (Lipinski definition) is 1. The average molecular weight is 241 g/mol. The summed E-state index contributed by atoms with van der Waals surface area (Å²) in [6.45, 7) is 1.16. The zero-order chi connectivity index (χ0) is 11.5. The van der Waals surface area contributed by atoms with Crippen molar-refractivity contribution in [3.05, 3.63) is 34.9 Å². The van der Waals surface area contributed by atoms with E-state index in [1.807, 2.05) is 12.1 Å². The molecule has 1 aliphatic rings. The fourth-order valence-corrected chi connectivity index (χ4v) is 1.85. The van der Waals surface area contributed by atoms with Gasteiger partial charge in [-0.15, -0.1) is 0 Å². The number of amides is 2. The van der Waals surface area contributed by atoms with Crippen LogP contribution >= 0.6 is 11.6 Å². The molecule has 86 valence electrons. The minimum atomic E-state index is -0.308. The van der Waals surface area contributed by atoms with Gasteiger partial charge < -0.3 is 10.1 Å². The summed E-state index contributed by atoms with van der Waals surface area (Å²) in [6, 6.07) is 7.20. The van der Waals surface area contributed by atoms with Crippen LogP contribution in [0.4, 0.5) is 4.79 Å². The van der Waals surface area contributed by atoms with Gasteiger partial charge in [-0.25, -0.2) is 4.79 Å². The average Bonchev–Trinajstić information content (AvgIpc) is 2.78. The maximum atomic E-state index is 11.6. The highest BCUT2D eigenvalue weighted by Crippen LogP contribution is 2.27. The van der Waals surface area contributed by atoms with Crippen LogP contribution in [0, 0.1) is 0 Å². The summed E-state index contributed by atoms with van der Waals surface area (Å²) in [4.78, 5) is 13.2. The highest BCUT2D eigenvalue weighted by Gasteiger charge is 2.30. The van der Waals surface area contributed by atoms with Crippen molar-refractivity contribution in [2.24, 2.45) is 0 Å². The van der Waals surface area contributed by atoms with E-state index in [4.69, 9.17) is 16.3 Å². The van der Waals surface area contributed by atoms with Gasteiger partial charge in [-0.1, -0.05) is 23.7 Å². The summed E-state index contributed by atoms with van der Waals surface area (Å²) in [5.74, 6) is 0. The molecule has 2 rings (SSSR count). The minimum Gasteiger partial charge on any atom is -0.352 e. The van der Waals surface area contributed by atoms with E-state index in [9.17, 15) is 4.79 Å². The van der Waals surface area contributed by atoms with Crippen LogP contribution in [-0.2, 0) is 4.74 Å². The highest BCUT2D eigenvalue weighted by molar-refractivity contribution is 6.30. The van der Waals surface area contributed by atoms with Gasteiger partial charge in [0.25, 0.3) is 0 Å². The Kier molecular flexibility index (Phi) is 3.31. The van der Waals surface area contributed by atoms with E-state index in [2.05, 4.69) is 5.32 Å². The molecule has 1 aliphatic heterocycles. The first kappa shape index (κ1) is 11.2. The van der Waals surface area contributed by atoms with Crippen molar-refractivity contribution in [1.29, 1.82) is 0 Å². The predicted octanol–water partition coefficient (Wildman–Crippen LogP) is 2.01. The molecule has 1 atom stereocenters. The number of ether oxygens (including phenoxy) is 1. The third kappa shape index (κ3) is 2.13. The van der Waals surface area contributed by atoms with Crippen molar-refractivity contribution < 1.29 is 9.53 Å². The maximum absolute atomic E-state index is 11.6. The van der Waals surface area contributed by atoms with Crippen LogP contribution in [0.25, 0.3) is 0 Å². The normalized spacial score (nSPS) is 19.9. The molecule has 1 fully saturated rings. The Hall–Kier alpha value is -1.26. The van der Waals surface area contributed by atoms with Crippen LogP contribution in [0.5, 0.6) is 0 Å². The van der Waals surface area contributed by atoms with Gasteiger partial charge in [0.1, 0.15) is 0 Å². The molecule has 1 aromatic rings. The Labute approximate surface area is 99.1 Å². The second-order valence-corrected chi connectivity index (χ2v) is 3.96. The molecular formula is C11H13ClN2O2. The van der Waals surface area contributed by atoms with Crippen molar-refractivity contribution >= 4 is 17.6 Å². The topological polar surface area (TPSA) is 41.6 Å². The van der Waals surface area contributed by atoms with E-state index >= 15 is 0 Å². The van der Waals surface area contributed by atoms with E-state index in [0.717, 1.165) is 5.56 Å². The SMILES string of the molecule is CNC(=O)N1CCO[C@@H]1c1ccc(Cl)cc1. The molecule has 0 unspecified atom stereocenters. The first-order chi connectivity index (χ1) is 7.72. The third-order valence-corrected chi connectivity index (χ3v) is 2.77. The number of rotatable bonds is 1. The van der Waals surface area contributed by atoms with Crippen molar-refractivity contribution in [1.82, 2.24) is 10.2 Å². The highest BCUT2D eigenvalue weighted by atomic mass is 35.5. The van der Waals surface area contributed by atoms with Crippen LogP contribution in [-0.4, -0.2) is 31.1 Å². The van der Waals surface area contributed by atoms with Crippen molar-refractivity contribution in [3.8, 4) is 0 Å². The van der Waals surface area contributed by atoms with E-state index in [1.54, 1.807) is 24.1 Å². The first-order valence-electron chi connectivity index (χ1n) is 5.08. The molecule has 0 spiro atoms. The van der Waals surface area contributed by atoms with Crippen LogP contribution < -0.4 is 5.32 Å². The summed E-state index contributed by atoms with van der Waals surface area (Å²) in [5, 5.41) is 3.27. The molecule has 5 heteroatoms. The van der Waals surface area contributed by atoms with Crippen molar-refractivity contribution in [2.75, 3.05) is 20.2 Å². The lowest BCUT2D eigenvalue weighted by Gasteiger charge is -2.22. The van der Waals surface area contributed by atoms with E-state index in [1.165, 1.54) is 0 Å². The smallest absolute Gasteiger partial charge is 0.319 e. The molecule has 1 heterocycles. The molecule has 1 N–H and O–H groups in total. The lowest BCUT2D eigenvalue weighted by atomic mass is 10.2. The Balaban J connectivity index is 2.19. The molecule has 16 heavy (non-hydrogen) atoms. The maximum Gasteiger partial charge on any atom is 0.319 e. The molecule has 0 aromatic heterocycles. The number of halogens is 1. The molecule has 1 aromatic carbocycles. The summed E-state index contributed by atoms with van der Waals surface area (Å²) in [7, 11) is 1.61. The Bertz CT molecular complexity index is 380. The molecule has 0 radical (unpaired) electrons. The fraction of sp³-hybridized carbons (Fsp3) is 0.364. The fourth-order valence-electron chi connectivity index (χ4n) is 1.73. The van der Waals surface area contributed by atoms with E-state index in [0.29, 0.717) is 18.2 Å². The lowest BCUT2D eigenvalue weighted by Crippen LogP contribution is -2.37. The van der Waals surface area contributed by atoms with Gasteiger partial charge in [-0.2, -0.15) is 0 Å². The zero-order valence-corrected chi connectivity index (χ0v) is 9.70. The standard InChI is InChI=1S/C11H13ClN2O2/c1-13-11(15)14-6-7-16-10(14)8-2-4-9(12)5-3-8/h2-5,10H,6-7H2,1H3,(H,13,15)/t10-/m1/s1. The van der Waals surface area contributed by atoms with Gasteiger partial charge in [0.05, 0.1) is 6.61 Å². The van der Waals surface area contributed by atoms with Gasteiger partial charge in [-0.05, 0) is 12.1 Å². The quantitative estimate of drug-likeness (QED) is 0.816. The number of hydrogen-bond acceptors (Lipinski definition) is 2. The molecule has 2 amide bonds. The molecule has 0 aliphatic carbocycles. The van der Waals surface area contributed by atoms with Gasteiger partial charge in [0, 0.05) is 24.2 Å². The second-order valence-electron chi connectivity index (χ2n) is 3.52. The monoisotopic (exact) mass is 240 g/mol. The first-order valence-corrected chi connectivity index (χ1v) is 5.45. The zero-order valence-electron chi connectivity index (χ0n) is 8.94. The number of nitrogens with one attached hydrogen (secondary N) is 1. The van der Waals surface area contributed by atoms with Gasteiger partial charge >= 0.3 is 6.03 Å². The number of nitrogens with zero attached hydrogens (tertiary/aromatic N) is 1. The molecule has 0 saturated carbocycles. The number of carbonyl (C=O) groups excluding carboxylic acids is 1. The van der Waals surface area contributed by atoms with Crippen LogP contribution in [0.1, 0.15) is 11.8 Å². The summed E-state index contributed by atoms with van der Waals surface area (Å²) in [6.07, 6.45) is -0.308. The summed E-state index contributed by atoms with van der Waals surface area (Å²) < 4.78 is 5.54.